The van der Waals surface area contributed by atoms with Crippen molar-refractivity contribution in [2.75, 3.05) is 18.6 Å². The average molecular weight is 452 g/mol. The van der Waals surface area contributed by atoms with Crippen molar-refractivity contribution in [3.63, 3.8) is 0 Å². The summed E-state index contributed by atoms with van der Waals surface area (Å²) in [5.41, 5.74) is 2.62. The van der Waals surface area contributed by atoms with Crippen LogP contribution >= 0.6 is 39.7 Å². The number of halogens is 3. The summed E-state index contributed by atoms with van der Waals surface area (Å²) in [6.07, 6.45) is 3.81. The van der Waals surface area contributed by atoms with E-state index in [-0.39, 0.29) is 5.76 Å². The molecule has 2 aromatic carbocycles. The Hall–Kier alpha value is -0.416. The van der Waals surface area contributed by atoms with Crippen LogP contribution in [0, 0.1) is 0 Å². The zero-order valence-corrected chi connectivity index (χ0v) is 18.3. The first-order valence-electron chi connectivity index (χ1n) is 7.43. The first-order chi connectivity index (χ1) is 12.0. The molecule has 0 atom stereocenters. The molecule has 0 radical (unpaired) electrons. The monoisotopic (exact) mass is 450 g/mol. The van der Waals surface area contributed by atoms with E-state index in [0.29, 0.717) is 0 Å². The van der Waals surface area contributed by atoms with Gasteiger partial charge in [0.15, 0.2) is 0 Å². The number of aliphatic hydroxyl groups excluding tert-OH is 1. The molecule has 2 rings (SSSR count). The molecule has 1 N–H and O–H groups in total. The van der Waals surface area contributed by atoms with Crippen molar-refractivity contribution in [2.24, 2.45) is 4.99 Å². The first kappa shape index (κ1) is 22.6. The summed E-state index contributed by atoms with van der Waals surface area (Å²) in [5, 5.41) is 10.3. The van der Waals surface area contributed by atoms with Crippen molar-refractivity contribution in [1.82, 2.24) is 0 Å². The molecule has 25 heavy (non-hydrogen) atoms. The molecule has 0 saturated carbocycles. The minimum atomic E-state index is -1.92. The van der Waals surface area contributed by atoms with E-state index in [1.807, 2.05) is 60.7 Å². The molecule has 133 valence electrons. The Kier molecular flexibility index (Phi) is 12.4. The molecule has 0 aliphatic heterocycles. The molecule has 0 unspecified atom stereocenters. The molecule has 0 spiro atoms. The number of thioether (sulfide) groups is 1. The van der Waals surface area contributed by atoms with Crippen molar-refractivity contribution in [2.45, 2.75) is 0 Å². The van der Waals surface area contributed by atoms with Gasteiger partial charge in [-0.1, -0.05) is 60.7 Å². The van der Waals surface area contributed by atoms with Gasteiger partial charge in [-0.05, 0) is 11.8 Å². The van der Waals surface area contributed by atoms with Crippen molar-refractivity contribution >= 4 is 51.1 Å². The van der Waals surface area contributed by atoms with Crippen LogP contribution in [-0.4, -0.2) is 29.4 Å². The second-order valence-electron chi connectivity index (χ2n) is 4.74. The number of hydrogen-bond acceptors (Lipinski definition) is 3. The Morgan fingerprint density at radius 1 is 1.00 bits per heavy atom. The molecule has 2 nitrogen and oxygen atoms in total. The van der Waals surface area contributed by atoms with Crippen LogP contribution in [0.15, 0.2) is 71.7 Å². The third-order valence-electron chi connectivity index (χ3n) is 2.99. The predicted octanol–water partition coefficient (Wildman–Crippen LogP) is 6.50. The van der Waals surface area contributed by atoms with Gasteiger partial charge in [-0.2, -0.15) is 11.8 Å². The third-order valence-corrected chi connectivity index (χ3v) is 3.58. The van der Waals surface area contributed by atoms with Crippen LogP contribution in [0.2, 0.25) is 0 Å². The minimum absolute atomic E-state index is 0.238. The Bertz CT molecular complexity index is 664. The van der Waals surface area contributed by atoms with Gasteiger partial charge in [-0.3, -0.25) is 4.99 Å². The zero-order valence-electron chi connectivity index (χ0n) is 13.7. The van der Waals surface area contributed by atoms with Crippen LogP contribution in [0.1, 0.15) is 11.1 Å². The molecule has 2 aromatic rings. The average Bonchev–Trinajstić information content (AvgIpc) is 2.62. The van der Waals surface area contributed by atoms with Crippen LogP contribution in [-0.2, 0) is 14.7 Å². The fraction of sp³-hybridized carbons (Fsp3) is 0.167. The summed E-state index contributed by atoms with van der Waals surface area (Å²) >= 11 is -0.153. The predicted molar refractivity (Wildman–Crippen MR) is 111 cm³/mol. The van der Waals surface area contributed by atoms with Gasteiger partial charge in [0.2, 0.25) is 0 Å². The number of nitrogens with zero attached hydrogens (tertiary/aromatic N) is 1. The van der Waals surface area contributed by atoms with E-state index in [1.165, 1.54) is 0 Å². The van der Waals surface area contributed by atoms with E-state index in [0.717, 1.165) is 29.1 Å². The van der Waals surface area contributed by atoms with Crippen molar-refractivity contribution in [1.29, 1.82) is 0 Å². The fourth-order valence-electron chi connectivity index (χ4n) is 1.91. The summed E-state index contributed by atoms with van der Waals surface area (Å²) in [5.74, 6) is 1.21. The Morgan fingerprint density at radius 3 is 1.96 bits per heavy atom. The normalized spacial score (nSPS) is 11.5. The summed E-state index contributed by atoms with van der Waals surface area (Å²) < 4.78 is 0. The van der Waals surface area contributed by atoms with Crippen LogP contribution in [0.25, 0.3) is 5.76 Å². The number of aliphatic imine (C=N–C) groups is 1. The van der Waals surface area contributed by atoms with Gasteiger partial charge in [0, 0.05) is 23.9 Å². The van der Waals surface area contributed by atoms with Gasteiger partial charge in [0.1, 0.15) is 5.76 Å². The topological polar surface area (TPSA) is 32.6 Å². The molecule has 0 amide bonds. The van der Waals surface area contributed by atoms with Crippen molar-refractivity contribution < 1.29 is 19.8 Å². The van der Waals surface area contributed by atoms with Crippen LogP contribution < -0.4 is 0 Å². The van der Waals surface area contributed by atoms with Gasteiger partial charge in [-0.15, -0.1) is 0 Å². The Labute approximate surface area is 171 Å². The van der Waals surface area contributed by atoms with Crippen molar-refractivity contribution in [3.8, 4) is 0 Å². The van der Waals surface area contributed by atoms with E-state index < -0.39 is 14.7 Å². The SMILES string of the molecule is CSCCN=C(C=C(O)c1ccccc1)c1ccccc1.[Cl][Ti]([Cl])[Cl]. The molecule has 0 bridgehead atoms. The van der Waals surface area contributed by atoms with E-state index in [2.05, 4.69) is 11.2 Å². The molecular weight excluding hydrogens is 432 g/mol. The molecule has 0 fully saturated rings. The first-order valence-corrected chi connectivity index (χ1v) is 15.3. The van der Waals surface area contributed by atoms with Crippen LogP contribution in [0.5, 0.6) is 0 Å². The zero-order chi connectivity index (χ0) is 18.5. The summed E-state index contributed by atoms with van der Waals surface area (Å²) in [4.78, 5) is 4.61. The number of allylic oxidation sites excluding steroid dienone is 1. The molecule has 0 aliphatic rings. The van der Waals surface area contributed by atoms with E-state index in [1.54, 1.807) is 17.8 Å². The maximum absolute atomic E-state index is 10.3. The number of hydrogen-bond donors (Lipinski definition) is 1. The Morgan fingerprint density at radius 2 is 1.48 bits per heavy atom. The van der Waals surface area contributed by atoms with E-state index in [4.69, 9.17) is 27.9 Å². The molecule has 0 heterocycles. The van der Waals surface area contributed by atoms with Crippen LogP contribution in [0.3, 0.4) is 0 Å². The van der Waals surface area contributed by atoms with E-state index in [9.17, 15) is 5.11 Å². The summed E-state index contributed by atoms with van der Waals surface area (Å²) in [6, 6.07) is 19.5. The molecule has 0 aliphatic carbocycles. The second-order valence-corrected chi connectivity index (χ2v) is 13.5. The second kappa shape index (κ2) is 13.7. The molecule has 0 aromatic heterocycles. The summed E-state index contributed by atoms with van der Waals surface area (Å²) in [7, 11) is 14.9. The molecule has 7 heteroatoms. The van der Waals surface area contributed by atoms with Gasteiger partial charge in [0.25, 0.3) is 0 Å². The molecular formula is C18H19Cl3NOSTi. The van der Waals surface area contributed by atoms with Gasteiger partial charge in [0.05, 0.1) is 5.71 Å². The van der Waals surface area contributed by atoms with Crippen LogP contribution in [0.4, 0.5) is 0 Å². The number of aliphatic hydroxyl groups is 1. The number of benzene rings is 2. The number of rotatable bonds is 6. The third kappa shape index (κ3) is 10.3. The van der Waals surface area contributed by atoms with Gasteiger partial charge < -0.3 is 5.11 Å². The van der Waals surface area contributed by atoms with Gasteiger partial charge in [-0.25, -0.2) is 0 Å². The van der Waals surface area contributed by atoms with Gasteiger partial charge >= 0.3 is 42.6 Å². The standard InChI is InChI=1S/C18H19NOS.3ClH.Ti/c1-21-13-12-19-17(15-8-4-2-5-9-15)14-18(20)16-10-6-3-7-11-16;;;;/h2-11,14,20H,12-13H2,1H3;3*1H;/q;;;;+3/p-3. The fourth-order valence-corrected chi connectivity index (χ4v) is 2.18. The van der Waals surface area contributed by atoms with E-state index >= 15 is 0 Å². The molecule has 0 saturated heterocycles. The van der Waals surface area contributed by atoms with Crippen molar-refractivity contribution in [3.05, 3.63) is 77.9 Å². The summed E-state index contributed by atoms with van der Waals surface area (Å²) in [6.45, 7) is 0.740. The Balaban J connectivity index is 0.000000705. The quantitative estimate of drug-likeness (QED) is 0.235. The maximum atomic E-state index is 10.3.